The molecular weight excluding hydrogens is 302 g/mol. The molecule has 6 heteroatoms. The van der Waals surface area contributed by atoms with Crippen LogP contribution in [0.2, 0.25) is 0 Å². The largest absolute Gasteiger partial charge is 0.490 e. The minimum atomic E-state index is -0.244. The van der Waals surface area contributed by atoms with E-state index < -0.39 is 0 Å². The summed E-state index contributed by atoms with van der Waals surface area (Å²) < 4.78 is 11.1. The Bertz CT molecular complexity index is 723. The third-order valence-corrected chi connectivity index (χ3v) is 4.37. The van der Waals surface area contributed by atoms with Crippen LogP contribution in [0.1, 0.15) is 32.7 Å². The highest BCUT2D eigenvalue weighted by Gasteiger charge is 2.14. The minimum absolute atomic E-state index is 0.0420. The van der Waals surface area contributed by atoms with E-state index in [0.717, 1.165) is 6.42 Å². The first-order valence-corrected chi connectivity index (χ1v) is 7.77. The molecule has 0 aliphatic carbocycles. The van der Waals surface area contributed by atoms with Crippen molar-refractivity contribution in [1.29, 1.82) is 0 Å². The lowest BCUT2D eigenvalue weighted by molar-refractivity contribution is 0.101. The number of anilines is 1. The fraction of sp³-hybridized carbons (Fsp3) is 0.250. The molecule has 0 unspecified atom stereocenters. The molecule has 1 aliphatic rings. The molecule has 3 rings (SSSR count). The van der Waals surface area contributed by atoms with Gasteiger partial charge in [-0.25, -0.2) is 0 Å². The molecular formula is C16H15NO4S. The molecule has 5 nitrogen and oxygen atoms in total. The lowest BCUT2D eigenvalue weighted by Gasteiger charge is -2.09. The summed E-state index contributed by atoms with van der Waals surface area (Å²) in [7, 11) is 0. The maximum absolute atomic E-state index is 12.2. The van der Waals surface area contributed by atoms with Gasteiger partial charge in [-0.05, 0) is 31.2 Å². The van der Waals surface area contributed by atoms with Gasteiger partial charge >= 0.3 is 0 Å². The van der Waals surface area contributed by atoms with Crippen LogP contribution in [-0.4, -0.2) is 24.9 Å². The normalized spacial score (nSPS) is 13.3. The van der Waals surface area contributed by atoms with Crippen molar-refractivity contribution >= 4 is 28.7 Å². The molecule has 1 N–H and O–H groups in total. The van der Waals surface area contributed by atoms with Crippen LogP contribution in [-0.2, 0) is 0 Å². The summed E-state index contributed by atoms with van der Waals surface area (Å²) in [6.45, 7) is 2.70. The van der Waals surface area contributed by atoms with E-state index in [0.29, 0.717) is 40.2 Å². The van der Waals surface area contributed by atoms with E-state index in [1.54, 1.807) is 30.3 Å². The standard InChI is InChI=1S/C16H15NO4S/c1-10(18)14-5-6-15(22-14)16(19)17-11-3-4-12-13(9-11)21-8-2-7-20-12/h3-6,9H,2,7-8H2,1H3,(H,17,19). The molecule has 0 saturated carbocycles. The fourth-order valence-electron chi connectivity index (χ4n) is 2.08. The Morgan fingerprint density at radius 3 is 2.50 bits per heavy atom. The van der Waals surface area contributed by atoms with Crippen molar-refractivity contribution in [2.45, 2.75) is 13.3 Å². The molecule has 1 aromatic heterocycles. The van der Waals surface area contributed by atoms with Crippen LogP contribution >= 0.6 is 11.3 Å². The van der Waals surface area contributed by atoms with E-state index in [2.05, 4.69) is 5.32 Å². The number of Topliss-reactive ketones (excluding diaryl/α,β-unsaturated/α-hetero) is 1. The van der Waals surface area contributed by atoms with Crippen molar-refractivity contribution in [2.24, 2.45) is 0 Å². The molecule has 1 amide bonds. The number of ether oxygens (including phenoxy) is 2. The number of thiophene rings is 1. The predicted molar refractivity (Wildman–Crippen MR) is 84.3 cm³/mol. The zero-order valence-electron chi connectivity index (χ0n) is 12.0. The van der Waals surface area contributed by atoms with Gasteiger partial charge in [0.1, 0.15) is 0 Å². The summed E-state index contributed by atoms with van der Waals surface area (Å²) in [5, 5.41) is 2.81. The average Bonchev–Trinajstić information content (AvgIpc) is 2.88. The number of carbonyl (C=O) groups excluding carboxylic acids is 2. The molecule has 0 bridgehead atoms. The lowest BCUT2D eigenvalue weighted by Crippen LogP contribution is -2.10. The van der Waals surface area contributed by atoms with Crippen LogP contribution in [0, 0.1) is 0 Å². The van der Waals surface area contributed by atoms with E-state index in [1.165, 1.54) is 18.3 Å². The topological polar surface area (TPSA) is 64.6 Å². The maximum Gasteiger partial charge on any atom is 0.265 e. The monoisotopic (exact) mass is 317 g/mol. The van der Waals surface area contributed by atoms with Gasteiger partial charge in [0, 0.05) is 18.2 Å². The Kier molecular flexibility index (Phi) is 4.11. The first-order chi connectivity index (χ1) is 10.6. The van der Waals surface area contributed by atoms with Crippen molar-refractivity contribution in [2.75, 3.05) is 18.5 Å². The van der Waals surface area contributed by atoms with Gasteiger partial charge in [-0.2, -0.15) is 0 Å². The molecule has 0 radical (unpaired) electrons. The number of rotatable bonds is 3. The van der Waals surface area contributed by atoms with Crippen molar-refractivity contribution in [3.05, 3.63) is 40.1 Å². The molecule has 22 heavy (non-hydrogen) atoms. The van der Waals surface area contributed by atoms with Gasteiger partial charge in [0.05, 0.1) is 23.0 Å². The number of ketones is 1. The zero-order valence-corrected chi connectivity index (χ0v) is 12.9. The quantitative estimate of drug-likeness (QED) is 0.882. The Morgan fingerprint density at radius 2 is 1.77 bits per heavy atom. The number of nitrogens with one attached hydrogen (secondary N) is 1. The first kappa shape index (κ1) is 14.6. The number of amides is 1. The van der Waals surface area contributed by atoms with E-state index in [9.17, 15) is 9.59 Å². The summed E-state index contributed by atoms with van der Waals surface area (Å²) in [4.78, 5) is 24.6. The van der Waals surface area contributed by atoms with Gasteiger partial charge in [-0.1, -0.05) is 0 Å². The minimum Gasteiger partial charge on any atom is -0.490 e. The second-order valence-electron chi connectivity index (χ2n) is 4.89. The highest BCUT2D eigenvalue weighted by molar-refractivity contribution is 7.16. The smallest absolute Gasteiger partial charge is 0.265 e. The molecule has 114 valence electrons. The highest BCUT2D eigenvalue weighted by Crippen LogP contribution is 2.32. The summed E-state index contributed by atoms with van der Waals surface area (Å²) >= 11 is 1.18. The third kappa shape index (κ3) is 3.12. The van der Waals surface area contributed by atoms with Gasteiger partial charge in [0.25, 0.3) is 5.91 Å². The molecule has 0 spiro atoms. The van der Waals surface area contributed by atoms with Crippen LogP contribution < -0.4 is 14.8 Å². The van der Waals surface area contributed by atoms with Gasteiger partial charge in [0.15, 0.2) is 17.3 Å². The summed E-state index contributed by atoms with van der Waals surface area (Å²) in [5.74, 6) is 1.03. The maximum atomic E-state index is 12.2. The van der Waals surface area contributed by atoms with Crippen LogP contribution in [0.25, 0.3) is 0 Å². The fourth-order valence-corrected chi connectivity index (χ4v) is 2.88. The predicted octanol–water partition coefficient (Wildman–Crippen LogP) is 3.36. The van der Waals surface area contributed by atoms with Crippen molar-refractivity contribution in [3.8, 4) is 11.5 Å². The Labute approximate surface area is 131 Å². The van der Waals surface area contributed by atoms with Crippen molar-refractivity contribution < 1.29 is 19.1 Å². The van der Waals surface area contributed by atoms with Crippen molar-refractivity contribution in [3.63, 3.8) is 0 Å². The number of hydrogen-bond acceptors (Lipinski definition) is 5. The van der Waals surface area contributed by atoms with Gasteiger partial charge in [0.2, 0.25) is 0 Å². The number of hydrogen-bond donors (Lipinski definition) is 1. The van der Waals surface area contributed by atoms with Crippen LogP contribution in [0.15, 0.2) is 30.3 Å². The molecule has 1 aromatic carbocycles. The van der Waals surface area contributed by atoms with Crippen LogP contribution in [0.4, 0.5) is 5.69 Å². The lowest BCUT2D eigenvalue weighted by atomic mass is 10.2. The second kappa shape index (κ2) is 6.19. The molecule has 0 saturated heterocycles. The number of benzene rings is 1. The Morgan fingerprint density at radius 1 is 1.05 bits per heavy atom. The summed E-state index contributed by atoms with van der Waals surface area (Å²) in [6.07, 6.45) is 0.833. The Balaban J connectivity index is 1.76. The number of fused-ring (bicyclic) bond motifs is 1. The molecule has 2 aromatic rings. The molecule has 1 aliphatic heterocycles. The zero-order chi connectivity index (χ0) is 15.5. The van der Waals surface area contributed by atoms with E-state index in [4.69, 9.17) is 9.47 Å². The average molecular weight is 317 g/mol. The van der Waals surface area contributed by atoms with Crippen molar-refractivity contribution in [1.82, 2.24) is 0 Å². The van der Waals surface area contributed by atoms with Crippen LogP contribution in [0.5, 0.6) is 11.5 Å². The van der Waals surface area contributed by atoms with Gasteiger partial charge < -0.3 is 14.8 Å². The second-order valence-corrected chi connectivity index (χ2v) is 5.97. The van der Waals surface area contributed by atoms with E-state index in [1.807, 2.05) is 0 Å². The van der Waals surface area contributed by atoms with Gasteiger partial charge in [-0.3, -0.25) is 9.59 Å². The first-order valence-electron chi connectivity index (χ1n) is 6.95. The van der Waals surface area contributed by atoms with E-state index >= 15 is 0 Å². The SMILES string of the molecule is CC(=O)c1ccc(C(=O)Nc2ccc3c(c2)OCCCO3)s1. The number of carbonyl (C=O) groups is 2. The molecule has 2 heterocycles. The molecule has 0 fully saturated rings. The van der Waals surface area contributed by atoms with Crippen LogP contribution in [0.3, 0.4) is 0 Å². The highest BCUT2D eigenvalue weighted by atomic mass is 32.1. The van der Waals surface area contributed by atoms with Gasteiger partial charge in [-0.15, -0.1) is 11.3 Å². The Hall–Kier alpha value is -2.34. The summed E-state index contributed by atoms with van der Waals surface area (Å²) in [6, 6.07) is 8.62. The van der Waals surface area contributed by atoms with E-state index in [-0.39, 0.29) is 11.7 Å². The summed E-state index contributed by atoms with van der Waals surface area (Å²) in [5.41, 5.74) is 0.632. The third-order valence-electron chi connectivity index (χ3n) is 3.18. The molecule has 0 atom stereocenters.